The molecule has 176 valence electrons. The Labute approximate surface area is 197 Å². The molecule has 0 radical (unpaired) electrons. The molecule has 1 unspecified atom stereocenters. The summed E-state index contributed by atoms with van der Waals surface area (Å²) in [5.74, 6) is 2.14. The number of benzene rings is 1. The number of hydrogen-bond acceptors (Lipinski definition) is 8. The molecule has 2 amide bonds. The second-order valence-corrected chi connectivity index (χ2v) is 9.23. The fourth-order valence-electron chi connectivity index (χ4n) is 3.72. The van der Waals surface area contributed by atoms with E-state index in [4.69, 9.17) is 9.47 Å². The summed E-state index contributed by atoms with van der Waals surface area (Å²) in [4.78, 5) is 26.9. The van der Waals surface area contributed by atoms with Crippen molar-refractivity contribution in [2.24, 2.45) is 5.92 Å². The van der Waals surface area contributed by atoms with Crippen LogP contribution >= 0.6 is 11.8 Å². The lowest BCUT2D eigenvalue weighted by atomic mass is 9.97. The van der Waals surface area contributed by atoms with Crippen molar-refractivity contribution in [1.29, 1.82) is 0 Å². The third-order valence-corrected chi connectivity index (χ3v) is 6.57. The Hall–Kier alpha value is -3.01. The van der Waals surface area contributed by atoms with Crippen LogP contribution in [0, 0.1) is 5.92 Å². The Morgan fingerprint density at radius 3 is 2.48 bits per heavy atom. The smallest absolute Gasteiger partial charge is 0.234 e. The van der Waals surface area contributed by atoms with Gasteiger partial charge in [0, 0.05) is 43.0 Å². The Morgan fingerprint density at radius 1 is 1.09 bits per heavy atom. The number of nitrogens with one attached hydrogen (secondary N) is 2. The number of amides is 2. The number of nitrogens with zero attached hydrogens (tertiary/aromatic N) is 3. The third-order valence-electron chi connectivity index (χ3n) is 5.65. The van der Waals surface area contributed by atoms with Crippen LogP contribution in [0.5, 0.6) is 11.5 Å². The first-order valence-corrected chi connectivity index (χ1v) is 12.1. The van der Waals surface area contributed by atoms with E-state index in [1.165, 1.54) is 11.8 Å². The summed E-state index contributed by atoms with van der Waals surface area (Å²) >= 11 is 1.31. The maximum absolute atomic E-state index is 12.4. The highest BCUT2D eigenvalue weighted by Gasteiger charge is 2.31. The molecule has 9 nitrogen and oxygen atoms in total. The Morgan fingerprint density at radius 2 is 1.85 bits per heavy atom. The van der Waals surface area contributed by atoms with E-state index in [9.17, 15) is 9.59 Å². The van der Waals surface area contributed by atoms with E-state index in [-0.39, 0.29) is 23.5 Å². The summed E-state index contributed by atoms with van der Waals surface area (Å²) in [7, 11) is 3.12. The molecule has 10 heteroatoms. The second-order valence-electron chi connectivity index (χ2n) is 8.24. The van der Waals surface area contributed by atoms with E-state index in [2.05, 4.69) is 25.7 Å². The largest absolute Gasteiger partial charge is 0.497 e. The topological polar surface area (TPSA) is 106 Å². The van der Waals surface area contributed by atoms with Crippen LogP contribution < -0.4 is 25.0 Å². The normalized spacial score (nSPS) is 17.9. The molecule has 2 fully saturated rings. The number of thioether (sulfide) groups is 1. The van der Waals surface area contributed by atoms with Crippen LogP contribution in [0.2, 0.25) is 0 Å². The molecule has 1 atom stereocenters. The zero-order valence-corrected chi connectivity index (χ0v) is 19.7. The fraction of sp³-hybridized carbons (Fsp3) is 0.478. The van der Waals surface area contributed by atoms with Gasteiger partial charge in [-0.3, -0.25) is 9.59 Å². The van der Waals surface area contributed by atoms with Crippen molar-refractivity contribution in [2.45, 2.75) is 36.8 Å². The summed E-state index contributed by atoms with van der Waals surface area (Å²) in [6.07, 6.45) is 4.05. The average molecular weight is 472 g/mol. The minimum Gasteiger partial charge on any atom is -0.497 e. The number of carbonyl (C=O) groups is 2. The molecule has 0 spiro atoms. The maximum atomic E-state index is 12.4. The molecule has 2 heterocycles. The van der Waals surface area contributed by atoms with Crippen molar-refractivity contribution in [3.63, 3.8) is 0 Å². The number of aromatic nitrogens is 2. The number of carbonyl (C=O) groups excluding carboxylic acids is 2. The first-order valence-electron chi connectivity index (χ1n) is 11.1. The Balaban J connectivity index is 1.28. The van der Waals surface area contributed by atoms with Crippen molar-refractivity contribution in [3.05, 3.63) is 30.3 Å². The summed E-state index contributed by atoms with van der Waals surface area (Å²) < 4.78 is 10.5. The molecule has 2 aliphatic rings. The van der Waals surface area contributed by atoms with E-state index in [0.717, 1.165) is 38.0 Å². The van der Waals surface area contributed by atoms with Crippen molar-refractivity contribution in [1.82, 2.24) is 15.5 Å². The number of methoxy groups -OCH3 is 2. The van der Waals surface area contributed by atoms with Gasteiger partial charge in [-0.15, -0.1) is 10.2 Å². The minimum atomic E-state index is -0.165. The molecule has 1 saturated carbocycles. The number of piperidine rings is 1. The molecular formula is C23H29N5O4S. The molecular weight excluding hydrogens is 442 g/mol. The van der Waals surface area contributed by atoms with Gasteiger partial charge < -0.3 is 25.0 Å². The van der Waals surface area contributed by atoms with Gasteiger partial charge in [0.05, 0.1) is 25.9 Å². The summed E-state index contributed by atoms with van der Waals surface area (Å²) in [5, 5.41) is 15.2. The quantitative estimate of drug-likeness (QED) is 0.538. The van der Waals surface area contributed by atoms with Gasteiger partial charge in [0.2, 0.25) is 11.8 Å². The summed E-state index contributed by atoms with van der Waals surface area (Å²) in [6.45, 7) is 1.52. The SMILES string of the molecule is COc1cc(NC(=O)CSc2ccc(N3CCCC(C(=O)NC4CC4)C3)nn2)cc(OC)c1. The summed E-state index contributed by atoms with van der Waals surface area (Å²) in [6, 6.07) is 9.36. The average Bonchev–Trinajstić information content (AvgIpc) is 3.67. The van der Waals surface area contributed by atoms with Gasteiger partial charge in [-0.05, 0) is 37.8 Å². The van der Waals surface area contributed by atoms with Gasteiger partial charge in [-0.25, -0.2) is 0 Å². The van der Waals surface area contributed by atoms with Crippen molar-refractivity contribution >= 4 is 35.1 Å². The lowest BCUT2D eigenvalue weighted by Gasteiger charge is -2.32. The van der Waals surface area contributed by atoms with Crippen molar-refractivity contribution < 1.29 is 19.1 Å². The fourth-order valence-corrected chi connectivity index (χ4v) is 4.33. The van der Waals surface area contributed by atoms with E-state index >= 15 is 0 Å². The zero-order valence-electron chi connectivity index (χ0n) is 18.9. The predicted octanol–water partition coefficient (Wildman–Crippen LogP) is 2.72. The van der Waals surface area contributed by atoms with E-state index in [1.54, 1.807) is 32.4 Å². The second kappa shape index (κ2) is 10.7. The molecule has 1 saturated heterocycles. The van der Waals surface area contributed by atoms with E-state index < -0.39 is 0 Å². The van der Waals surface area contributed by atoms with Gasteiger partial charge in [0.15, 0.2) is 5.82 Å². The van der Waals surface area contributed by atoms with Crippen LogP contribution in [0.15, 0.2) is 35.4 Å². The highest BCUT2D eigenvalue weighted by Crippen LogP contribution is 2.27. The number of rotatable bonds is 9. The molecule has 2 aromatic rings. The first-order chi connectivity index (χ1) is 16.0. The highest BCUT2D eigenvalue weighted by atomic mass is 32.2. The van der Waals surface area contributed by atoms with Crippen LogP contribution in [-0.2, 0) is 9.59 Å². The van der Waals surface area contributed by atoms with Gasteiger partial charge in [0.25, 0.3) is 0 Å². The van der Waals surface area contributed by atoms with Crippen LogP contribution in [-0.4, -0.2) is 61.1 Å². The van der Waals surface area contributed by atoms with Gasteiger partial charge in [0.1, 0.15) is 16.5 Å². The number of ether oxygens (including phenoxy) is 2. The monoisotopic (exact) mass is 471 g/mol. The summed E-state index contributed by atoms with van der Waals surface area (Å²) in [5.41, 5.74) is 0.601. The third kappa shape index (κ3) is 6.50. The van der Waals surface area contributed by atoms with Gasteiger partial charge >= 0.3 is 0 Å². The minimum absolute atomic E-state index is 0.00543. The van der Waals surface area contributed by atoms with Crippen LogP contribution in [0.4, 0.5) is 11.5 Å². The van der Waals surface area contributed by atoms with Gasteiger partial charge in [-0.2, -0.15) is 0 Å². The Bertz CT molecular complexity index is 961. The van der Waals surface area contributed by atoms with Gasteiger partial charge in [-0.1, -0.05) is 11.8 Å². The molecule has 2 N–H and O–H groups in total. The first kappa shape index (κ1) is 23.2. The maximum Gasteiger partial charge on any atom is 0.234 e. The molecule has 1 aromatic heterocycles. The predicted molar refractivity (Wildman–Crippen MR) is 127 cm³/mol. The lowest BCUT2D eigenvalue weighted by Crippen LogP contribution is -2.44. The van der Waals surface area contributed by atoms with Crippen LogP contribution in [0.1, 0.15) is 25.7 Å². The molecule has 0 bridgehead atoms. The molecule has 4 rings (SSSR count). The molecule has 1 aliphatic heterocycles. The van der Waals surface area contributed by atoms with E-state index in [0.29, 0.717) is 34.8 Å². The Kier molecular flexibility index (Phi) is 7.54. The van der Waals surface area contributed by atoms with E-state index in [1.807, 2.05) is 12.1 Å². The zero-order chi connectivity index (χ0) is 23.2. The highest BCUT2D eigenvalue weighted by molar-refractivity contribution is 7.99. The van der Waals surface area contributed by atoms with Crippen molar-refractivity contribution in [2.75, 3.05) is 43.3 Å². The molecule has 1 aromatic carbocycles. The number of anilines is 2. The molecule has 33 heavy (non-hydrogen) atoms. The standard InChI is InChI=1S/C23H29N5O4S/c1-31-18-10-17(11-19(12-18)32-2)24-21(29)14-33-22-8-7-20(26-27-22)28-9-3-4-15(13-28)23(30)25-16-5-6-16/h7-8,10-12,15-16H,3-6,9,13-14H2,1-2H3,(H,24,29)(H,25,30). The van der Waals surface area contributed by atoms with Crippen LogP contribution in [0.3, 0.4) is 0 Å². The van der Waals surface area contributed by atoms with Crippen LogP contribution in [0.25, 0.3) is 0 Å². The molecule has 1 aliphatic carbocycles. The lowest BCUT2D eigenvalue weighted by molar-refractivity contribution is -0.125. The van der Waals surface area contributed by atoms with Crippen molar-refractivity contribution in [3.8, 4) is 11.5 Å². The number of hydrogen-bond donors (Lipinski definition) is 2.